The molecule has 0 atom stereocenters. The van der Waals surface area contributed by atoms with Crippen molar-refractivity contribution in [2.24, 2.45) is 0 Å². The number of pyridine rings is 1. The molecule has 2 heterocycles. The lowest BCUT2D eigenvalue weighted by Gasteiger charge is -2.09. The molecule has 5 nitrogen and oxygen atoms in total. The molecule has 0 amide bonds. The lowest BCUT2D eigenvalue weighted by molar-refractivity contribution is 0.0525. The second kappa shape index (κ2) is 5.55. The number of ether oxygens (including phenoxy) is 1. The third-order valence-electron chi connectivity index (χ3n) is 3.46. The highest BCUT2D eigenvalue weighted by Gasteiger charge is 2.17. The number of hydrogen-bond acceptors (Lipinski definition) is 4. The van der Waals surface area contributed by atoms with Crippen LogP contribution in [0.15, 0.2) is 36.8 Å². The molecule has 0 spiro atoms. The van der Waals surface area contributed by atoms with Gasteiger partial charge in [-0.25, -0.2) is 13.9 Å². The number of nitrogens with zero attached hydrogens (tertiary/aromatic N) is 3. The fourth-order valence-electron chi connectivity index (χ4n) is 2.37. The molecular weight excluding hydrogens is 285 g/mol. The van der Waals surface area contributed by atoms with Crippen LogP contribution in [0.2, 0.25) is 0 Å². The Labute approximate surface area is 126 Å². The Bertz CT molecular complexity index is 858. The topological polar surface area (TPSA) is 57.0 Å². The normalized spacial score (nSPS) is 10.9. The van der Waals surface area contributed by atoms with E-state index >= 15 is 0 Å². The fourth-order valence-corrected chi connectivity index (χ4v) is 2.37. The molecule has 0 saturated heterocycles. The van der Waals surface area contributed by atoms with Crippen LogP contribution in [0.25, 0.3) is 16.5 Å². The molecule has 0 fully saturated rings. The molecule has 0 radical (unpaired) electrons. The predicted molar refractivity (Wildman–Crippen MR) is 79.5 cm³/mol. The summed E-state index contributed by atoms with van der Waals surface area (Å²) in [4.78, 5) is 15.9. The molecule has 6 heteroatoms. The van der Waals surface area contributed by atoms with Crippen molar-refractivity contribution in [1.29, 1.82) is 0 Å². The van der Waals surface area contributed by atoms with Gasteiger partial charge in [0.2, 0.25) is 0 Å². The molecule has 3 rings (SSSR count). The summed E-state index contributed by atoms with van der Waals surface area (Å²) in [5.74, 6) is -0.770. The van der Waals surface area contributed by atoms with E-state index in [9.17, 15) is 9.18 Å². The quantitative estimate of drug-likeness (QED) is 0.697. The molecule has 0 aliphatic carbocycles. The molecule has 0 saturated carbocycles. The summed E-state index contributed by atoms with van der Waals surface area (Å²) in [6, 6.07) is 4.81. The van der Waals surface area contributed by atoms with Crippen molar-refractivity contribution in [3.63, 3.8) is 0 Å². The van der Waals surface area contributed by atoms with E-state index in [-0.39, 0.29) is 5.82 Å². The first-order chi connectivity index (χ1) is 10.6. The summed E-state index contributed by atoms with van der Waals surface area (Å²) < 4.78 is 20.4. The average molecular weight is 299 g/mol. The van der Waals surface area contributed by atoms with E-state index in [0.717, 1.165) is 0 Å². The molecule has 0 unspecified atom stereocenters. The second-order valence-electron chi connectivity index (χ2n) is 4.77. The van der Waals surface area contributed by atoms with Gasteiger partial charge in [0.15, 0.2) is 0 Å². The molecule has 1 aromatic carbocycles. The predicted octanol–water partition coefficient (Wildman–Crippen LogP) is 3.04. The van der Waals surface area contributed by atoms with Gasteiger partial charge in [-0.05, 0) is 19.9 Å². The van der Waals surface area contributed by atoms with E-state index in [1.165, 1.54) is 18.5 Å². The third-order valence-corrected chi connectivity index (χ3v) is 3.46. The van der Waals surface area contributed by atoms with Gasteiger partial charge in [0.1, 0.15) is 11.4 Å². The minimum atomic E-state index is -0.425. The van der Waals surface area contributed by atoms with E-state index in [4.69, 9.17) is 4.74 Å². The maximum absolute atomic E-state index is 13.9. The van der Waals surface area contributed by atoms with Gasteiger partial charge in [-0.2, -0.15) is 5.10 Å². The zero-order valence-corrected chi connectivity index (χ0v) is 12.2. The van der Waals surface area contributed by atoms with Crippen LogP contribution in [0.5, 0.6) is 0 Å². The Hall–Kier alpha value is -2.76. The molecule has 22 heavy (non-hydrogen) atoms. The van der Waals surface area contributed by atoms with E-state index in [1.54, 1.807) is 36.9 Å². The average Bonchev–Trinajstić information content (AvgIpc) is 2.89. The van der Waals surface area contributed by atoms with Crippen LogP contribution < -0.4 is 0 Å². The highest BCUT2D eigenvalue weighted by Crippen LogP contribution is 2.24. The zero-order valence-electron chi connectivity index (χ0n) is 12.2. The van der Waals surface area contributed by atoms with Crippen LogP contribution in [-0.4, -0.2) is 27.3 Å². The van der Waals surface area contributed by atoms with E-state index in [0.29, 0.717) is 34.3 Å². The lowest BCUT2D eigenvalue weighted by atomic mass is 10.1. The summed E-state index contributed by atoms with van der Waals surface area (Å²) in [6.07, 6.45) is 4.52. The lowest BCUT2D eigenvalue weighted by Crippen LogP contribution is -2.07. The molecule has 2 aromatic heterocycles. The first kappa shape index (κ1) is 14.2. The molecule has 0 N–H and O–H groups in total. The number of aromatic nitrogens is 3. The summed E-state index contributed by atoms with van der Waals surface area (Å²) in [5.41, 5.74) is 1.62. The van der Waals surface area contributed by atoms with Gasteiger partial charge in [0, 0.05) is 17.0 Å². The van der Waals surface area contributed by atoms with Crippen LogP contribution in [-0.2, 0) is 4.74 Å². The van der Waals surface area contributed by atoms with Gasteiger partial charge in [-0.3, -0.25) is 4.98 Å². The van der Waals surface area contributed by atoms with Crippen molar-refractivity contribution in [3.8, 4) is 5.69 Å². The molecule has 0 bridgehead atoms. The summed E-state index contributed by atoms with van der Waals surface area (Å²) in [6.45, 7) is 3.80. The Morgan fingerprint density at radius 2 is 2.09 bits per heavy atom. The van der Waals surface area contributed by atoms with E-state index < -0.39 is 5.97 Å². The highest BCUT2D eigenvalue weighted by molar-refractivity contribution is 5.92. The van der Waals surface area contributed by atoms with Crippen LogP contribution in [0.4, 0.5) is 4.39 Å². The standard InChI is InChI=1S/C16H14FN3O2/c1-3-22-16(21)12-8-19-20(10(12)2)15-9-18-7-13-11(15)5-4-6-14(13)17/h4-9H,3H2,1-2H3. The SMILES string of the molecule is CCOC(=O)c1cnn(-c2cncc3c(F)cccc23)c1C. The number of fused-ring (bicyclic) bond motifs is 1. The fraction of sp³-hybridized carbons (Fsp3) is 0.188. The number of rotatable bonds is 3. The smallest absolute Gasteiger partial charge is 0.341 e. The first-order valence-electron chi connectivity index (χ1n) is 6.87. The van der Waals surface area contributed by atoms with Gasteiger partial charge in [-0.15, -0.1) is 0 Å². The van der Waals surface area contributed by atoms with Crippen molar-refractivity contribution < 1.29 is 13.9 Å². The maximum atomic E-state index is 13.9. The van der Waals surface area contributed by atoms with Crippen molar-refractivity contribution in [1.82, 2.24) is 14.8 Å². The Kier molecular flexibility index (Phi) is 3.58. The number of halogens is 1. The van der Waals surface area contributed by atoms with Gasteiger partial charge in [0.05, 0.1) is 30.4 Å². The van der Waals surface area contributed by atoms with Crippen molar-refractivity contribution >= 4 is 16.7 Å². The van der Waals surface area contributed by atoms with Gasteiger partial charge in [-0.1, -0.05) is 12.1 Å². The van der Waals surface area contributed by atoms with Crippen molar-refractivity contribution in [2.75, 3.05) is 6.61 Å². The summed E-state index contributed by atoms with van der Waals surface area (Å²) in [5, 5.41) is 5.31. The molecule has 0 aliphatic heterocycles. The van der Waals surface area contributed by atoms with Gasteiger partial charge < -0.3 is 4.74 Å². The molecule has 3 aromatic rings. The molecule has 112 valence electrons. The van der Waals surface area contributed by atoms with Crippen molar-refractivity contribution in [3.05, 3.63) is 53.9 Å². The Morgan fingerprint density at radius 3 is 2.86 bits per heavy atom. The summed E-state index contributed by atoms with van der Waals surface area (Å²) in [7, 11) is 0. The largest absolute Gasteiger partial charge is 0.462 e. The third kappa shape index (κ3) is 2.22. The van der Waals surface area contributed by atoms with Gasteiger partial charge >= 0.3 is 5.97 Å². The number of hydrogen-bond donors (Lipinski definition) is 0. The monoisotopic (exact) mass is 299 g/mol. The minimum absolute atomic E-state index is 0.296. The first-order valence-corrected chi connectivity index (χ1v) is 6.87. The van der Waals surface area contributed by atoms with Gasteiger partial charge in [0.25, 0.3) is 0 Å². The van der Waals surface area contributed by atoms with E-state index in [1.807, 2.05) is 0 Å². The van der Waals surface area contributed by atoms with Crippen LogP contribution in [0.1, 0.15) is 23.0 Å². The highest BCUT2D eigenvalue weighted by atomic mass is 19.1. The van der Waals surface area contributed by atoms with Crippen LogP contribution in [0, 0.1) is 12.7 Å². The van der Waals surface area contributed by atoms with Crippen LogP contribution >= 0.6 is 0 Å². The number of esters is 1. The second-order valence-corrected chi connectivity index (χ2v) is 4.77. The Morgan fingerprint density at radius 1 is 1.27 bits per heavy atom. The van der Waals surface area contributed by atoms with Crippen molar-refractivity contribution in [2.45, 2.75) is 13.8 Å². The van der Waals surface area contributed by atoms with E-state index in [2.05, 4.69) is 10.1 Å². The summed E-state index contributed by atoms with van der Waals surface area (Å²) >= 11 is 0. The zero-order chi connectivity index (χ0) is 15.7. The van der Waals surface area contributed by atoms with Crippen LogP contribution in [0.3, 0.4) is 0 Å². The number of benzene rings is 1. The molecule has 0 aliphatic rings. The Balaban J connectivity index is 2.17. The minimum Gasteiger partial charge on any atom is -0.462 e. The maximum Gasteiger partial charge on any atom is 0.341 e. The number of carbonyl (C=O) groups excluding carboxylic acids is 1. The molecular formula is C16H14FN3O2. The number of carbonyl (C=O) groups is 1.